The Hall–Kier alpha value is -1.89. The van der Waals surface area contributed by atoms with Crippen molar-refractivity contribution in [1.29, 1.82) is 0 Å². The molecule has 1 aromatic heterocycles. The molecule has 2 heterocycles. The molecule has 2 N–H and O–H groups in total. The van der Waals surface area contributed by atoms with E-state index in [0.29, 0.717) is 36.9 Å². The summed E-state index contributed by atoms with van der Waals surface area (Å²) in [5, 5.41) is 5.62. The number of nitrogens with zero attached hydrogens (tertiary/aromatic N) is 2. The summed E-state index contributed by atoms with van der Waals surface area (Å²) in [6, 6.07) is 0. The highest BCUT2D eigenvalue weighted by Crippen LogP contribution is 2.19. The lowest BCUT2D eigenvalue weighted by Crippen LogP contribution is -2.34. The molecule has 1 aromatic rings. The smallest absolute Gasteiger partial charge is 0.271 e. The highest BCUT2D eigenvalue weighted by molar-refractivity contribution is 6.02. The number of imidazole rings is 1. The second-order valence-corrected chi connectivity index (χ2v) is 5.87. The third-order valence-electron chi connectivity index (χ3n) is 4.06. The first kappa shape index (κ1) is 17.5. The van der Waals surface area contributed by atoms with Crippen molar-refractivity contribution < 1.29 is 14.3 Å². The lowest BCUT2D eigenvalue weighted by Gasteiger charge is -2.21. The maximum absolute atomic E-state index is 12.4. The average molecular weight is 322 g/mol. The molecule has 2 amide bonds. The van der Waals surface area contributed by atoms with Crippen LogP contribution in [0.15, 0.2) is 0 Å². The van der Waals surface area contributed by atoms with Gasteiger partial charge >= 0.3 is 0 Å². The molecule has 0 spiro atoms. The maximum Gasteiger partial charge on any atom is 0.271 e. The van der Waals surface area contributed by atoms with E-state index in [9.17, 15) is 9.59 Å². The minimum Gasteiger partial charge on any atom is -0.368 e. The monoisotopic (exact) mass is 322 g/mol. The van der Waals surface area contributed by atoms with Crippen molar-refractivity contribution in [1.82, 2.24) is 14.9 Å². The predicted molar refractivity (Wildman–Crippen MR) is 87.4 cm³/mol. The van der Waals surface area contributed by atoms with E-state index in [1.54, 1.807) is 18.5 Å². The molecule has 0 aliphatic carbocycles. The third kappa shape index (κ3) is 4.31. The Bertz CT molecular complexity index is 562. The van der Waals surface area contributed by atoms with Crippen LogP contribution in [0.2, 0.25) is 0 Å². The van der Waals surface area contributed by atoms with Crippen molar-refractivity contribution in [2.24, 2.45) is 7.05 Å². The van der Waals surface area contributed by atoms with Gasteiger partial charge in [-0.3, -0.25) is 9.59 Å². The van der Waals surface area contributed by atoms with Gasteiger partial charge in [-0.2, -0.15) is 0 Å². The molecule has 1 aliphatic rings. The lowest BCUT2D eigenvalue weighted by atomic mass is 10.1. The maximum atomic E-state index is 12.4. The van der Waals surface area contributed by atoms with Crippen molar-refractivity contribution in [3.63, 3.8) is 0 Å². The Morgan fingerprint density at radius 1 is 1.39 bits per heavy atom. The molecule has 1 fully saturated rings. The van der Waals surface area contributed by atoms with Crippen molar-refractivity contribution >= 4 is 17.6 Å². The van der Waals surface area contributed by atoms with Gasteiger partial charge in [0.15, 0.2) is 11.5 Å². The number of nitrogens with one attached hydrogen (secondary N) is 2. The zero-order valence-electron chi connectivity index (χ0n) is 14.1. The summed E-state index contributed by atoms with van der Waals surface area (Å²) in [6.07, 6.45) is 4.13. The number of hydrogen-bond acceptors (Lipinski definition) is 4. The highest BCUT2D eigenvalue weighted by atomic mass is 16.5. The fourth-order valence-electron chi connectivity index (χ4n) is 2.56. The van der Waals surface area contributed by atoms with Gasteiger partial charge in [-0.1, -0.05) is 13.3 Å². The van der Waals surface area contributed by atoms with Crippen LogP contribution in [0.4, 0.5) is 5.82 Å². The van der Waals surface area contributed by atoms with E-state index in [1.807, 2.05) is 0 Å². The van der Waals surface area contributed by atoms with Gasteiger partial charge < -0.3 is 19.9 Å². The first-order chi connectivity index (χ1) is 11.0. The van der Waals surface area contributed by atoms with Crippen LogP contribution in [-0.4, -0.2) is 40.6 Å². The van der Waals surface area contributed by atoms with Crippen LogP contribution in [0, 0.1) is 6.92 Å². The number of hydrogen-bond donors (Lipinski definition) is 2. The van der Waals surface area contributed by atoms with E-state index in [-0.39, 0.29) is 11.8 Å². The minimum absolute atomic E-state index is 0.221. The zero-order chi connectivity index (χ0) is 16.8. The van der Waals surface area contributed by atoms with Gasteiger partial charge in [-0.25, -0.2) is 4.98 Å². The number of unbranched alkanes of at least 4 members (excludes halogenated alkanes) is 1. The van der Waals surface area contributed by atoms with Crippen molar-refractivity contribution in [3.05, 3.63) is 11.5 Å². The Morgan fingerprint density at radius 3 is 2.83 bits per heavy atom. The first-order valence-corrected chi connectivity index (χ1v) is 8.28. The number of rotatable bonds is 6. The standard InChI is InChI=1S/C16H26N4O3/c1-4-5-9-17-16(22)13-14(18-11(2)20(13)3)19-15(21)12-8-6-7-10-23-12/h12H,4-10H2,1-3H3,(H,17,22)(H,19,21)/t12-/m0/s1. The van der Waals surface area contributed by atoms with Gasteiger partial charge in [0.25, 0.3) is 11.8 Å². The molecule has 128 valence electrons. The Balaban J connectivity index is 2.10. The molecular weight excluding hydrogens is 296 g/mol. The molecule has 1 saturated heterocycles. The van der Waals surface area contributed by atoms with Crippen LogP contribution in [0.5, 0.6) is 0 Å². The minimum atomic E-state index is -0.456. The molecule has 2 rings (SSSR count). The molecule has 0 aromatic carbocycles. The number of carbonyl (C=O) groups is 2. The summed E-state index contributed by atoms with van der Waals surface area (Å²) < 4.78 is 7.17. The Morgan fingerprint density at radius 2 is 2.17 bits per heavy atom. The average Bonchev–Trinajstić information content (AvgIpc) is 2.82. The second kappa shape index (κ2) is 8.10. The largest absolute Gasteiger partial charge is 0.368 e. The second-order valence-electron chi connectivity index (χ2n) is 5.87. The summed E-state index contributed by atoms with van der Waals surface area (Å²) >= 11 is 0. The summed E-state index contributed by atoms with van der Waals surface area (Å²) in [5.41, 5.74) is 0.378. The van der Waals surface area contributed by atoms with Crippen LogP contribution in [-0.2, 0) is 16.6 Å². The van der Waals surface area contributed by atoms with E-state index in [4.69, 9.17) is 4.74 Å². The van der Waals surface area contributed by atoms with E-state index in [0.717, 1.165) is 25.7 Å². The van der Waals surface area contributed by atoms with Gasteiger partial charge in [-0.15, -0.1) is 0 Å². The zero-order valence-corrected chi connectivity index (χ0v) is 14.1. The molecule has 0 radical (unpaired) electrons. The highest BCUT2D eigenvalue weighted by Gasteiger charge is 2.26. The van der Waals surface area contributed by atoms with E-state index >= 15 is 0 Å². The Kier molecular flexibility index (Phi) is 6.15. The lowest BCUT2D eigenvalue weighted by molar-refractivity contribution is -0.130. The van der Waals surface area contributed by atoms with Crippen LogP contribution in [0.25, 0.3) is 0 Å². The fourth-order valence-corrected chi connectivity index (χ4v) is 2.56. The first-order valence-electron chi connectivity index (χ1n) is 8.28. The van der Waals surface area contributed by atoms with Gasteiger partial charge in [0, 0.05) is 20.2 Å². The third-order valence-corrected chi connectivity index (χ3v) is 4.06. The number of amides is 2. The van der Waals surface area contributed by atoms with E-state index in [2.05, 4.69) is 22.5 Å². The molecule has 7 nitrogen and oxygen atoms in total. The topological polar surface area (TPSA) is 85.2 Å². The fraction of sp³-hybridized carbons (Fsp3) is 0.688. The Labute approximate surface area is 136 Å². The molecule has 23 heavy (non-hydrogen) atoms. The van der Waals surface area contributed by atoms with Crippen LogP contribution < -0.4 is 10.6 Å². The summed E-state index contributed by atoms with van der Waals surface area (Å²) in [6.45, 7) is 5.08. The van der Waals surface area contributed by atoms with Gasteiger partial charge in [0.05, 0.1) is 0 Å². The van der Waals surface area contributed by atoms with Gasteiger partial charge in [0.1, 0.15) is 11.9 Å². The summed E-state index contributed by atoms with van der Waals surface area (Å²) in [5.74, 6) is 0.524. The number of aryl methyl sites for hydroxylation is 1. The van der Waals surface area contributed by atoms with Crippen LogP contribution >= 0.6 is 0 Å². The van der Waals surface area contributed by atoms with Gasteiger partial charge in [0.2, 0.25) is 0 Å². The van der Waals surface area contributed by atoms with Crippen molar-refractivity contribution in [2.75, 3.05) is 18.5 Å². The number of carbonyl (C=O) groups excluding carboxylic acids is 2. The van der Waals surface area contributed by atoms with Crippen molar-refractivity contribution in [3.8, 4) is 0 Å². The molecule has 0 saturated carbocycles. The summed E-state index contributed by atoms with van der Waals surface area (Å²) in [4.78, 5) is 29.0. The predicted octanol–water partition coefficient (Wildman–Crippen LogP) is 1.77. The number of anilines is 1. The SMILES string of the molecule is CCCCNC(=O)c1c(NC(=O)[C@@H]2CCCCO2)nc(C)n1C. The van der Waals surface area contributed by atoms with Crippen molar-refractivity contribution in [2.45, 2.75) is 52.1 Å². The normalized spacial score (nSPS) is 17.8. The molecule has 0 bridgehead atoms. The van der Waals surface area contributed by atoms with Crippen LogP contribution in [0.1, 0.15) is 55.3 Å². The van der Waals surface area contributed by atoms with E-state index < -0.39 is 6.10 Å². The molecule has 1 aliphatic heterocycles. The van der Waals surface area contributed by atoms with Gasteiger partial charge in [-0.05, 0) is 32.6 Å². The molecule has 7 heteroatoms. The summed E-state index contributed by atoms with van der Waals surface area (Å²) in [7, 11) is 1.77. The number of aromatic nitrogens is 2. The molecule has 1 atom stereocenters. The quantitative estimate of drug-likeness (QED) is 0.782. The van der Waals surface area contributed by atoms with Crippen LogP contribution in [0.3, 0.4) is 0 Å². The number of ether oxygens (including phenoxy) is 1. The molecule has 0 unspecified atom stereocenters. The van der Waals surface area contributed by atoms with E-state index in [1.165, 1.54) is 0 Å². The molecular formula is C16H26N4O3.